The Morgan fingerprint density at radius 2 is 2.08 bits per heavy atom. The van der Waals surface area contributed by atoms with Crippen LogP contribution in [0.2, 0.25) is 0 Å². The van der Waals surface area contributed by atoms with Crippen LogP contribution in [0, 0.1) is 5.92 Å². The number of hydrogen-bond acceptors (Lipinski definition) is 4. The first-order valence-electron chi connectivity index (χ1n) is 8.95. The van der Waals surface area contributed by atoms with Gasteiger partial charge in [-0.15, -0.1) is 0 Å². The molecule has 1 amide bonds. The second kappa shape index (κ2) is 9.84. The van der Waals surface area contributed by atoms with E-state index in [1.165, 1.54) is 12.8 Å². The molecule has 1 heterocycles. The molecule has 1 atom stereocenters. The maximum absolute atomic E-state index is 11.8. The van der Waals surface area contributed by atoms with Crippen LogP contribution in [-0.2, 0) is 14.3 Å². The molecule has 1 saturated carbocycles. The maximum Gasteiger partial charge on any atom is 0.243 e. The van der Waals surface area contributed by atoms with Crippen molar-refractivity contribution in [1.82, 2.24) is 15.1 Å². The second-order valence-electron chi connectivity index (χ2n) is 6.88. The predicted molar refractivity (Wildman–Crippen MR) is 94.1 cm³/mol. The highest BCUT2D eigenvalue weighted by atomic mass is 16.5. The number of carbonyl (C=O) groups excluding carboxylic acids is 1. The van der Waals surface area contributed by atoms with Crippen molar-refractivity contribution >= 4 is 11.9 Å². The van der Waals surface area contributed by atoms with E-state index in [9.17, 15) is 4.79 Å². The zero-order valence-electron chi connectivity index (χ0n) is 15.3. The first kappa shape index (κ1) is 19.0. The monoisotopic (exact) mass is 340 g/mol. The fraction of sp³-hybridized carbons (Fsp3) is 0.882. The molecule has 0 aromatic carbocycles. The summed E-state index contributed by atoms with van der Waals surface area (Å²) < 4.78 is 11.3. The molecule has 24 heavy (non-hydrogen) atoms. The molecule has 2 fully saturated rings. The first-order chi connectivity index (χ1) is 11.6. The van der Waals surface area contributed by atoms with Gasteiger partial charge < -0.3 is 24.6 Å². The summed E-state index contributed by atoms with van der Waals surface area (Å²) >= 11 is 0. The average molecular weight is 340 g/mol. The molecule has 1 aliphatic heterocycles. The van der Waals surface area contributed by atoms with Crippen molar-refractivity contribution in [3.63, 3.8) is 0 Å². The molecule has 138 valence electrons. The number of amides is 1. The number of nitrogens with zero attached hydrogens (tertiary/aromatic N) is 3. The van der Waals surface area contributed by atoms with Gasteiger partial charge in [-0.1, -0.05) is 0 Å². The number of hydrogen-bond donors (Lipinski definition) is 1. The summed E-state index contributed by atoms with van der Waals surface area (Å²) in [6.07, 6.45) is 5.03. The molecule has 0 radical (unpaired) electrons. The van der Waals surface area contributed by atoms with E-state index < -0.39 is 0 Å². The minimum Gasteiger partial charge on any atom is -0.379 e. The van der Waals surface area contributed by atoms with Crippen LogP contribution in [0.15, 0.2) is 4.99 Å². The molecule has 0 bridgehead atoms. The number of rotatable bonds is 9. The largest absolute Gasteiger partial charge is 0.379 e. The molecular weight excluding hydrogens is 308 g/mol. The third-order valence-corrected chi connectivity index (χ3v) is 4.36. The van der Waals surface area contributed by atoms with Gasteiger partial charge in [0, 0.05) is 47.4 Å². The lowest BCUT2D eigenvalue weighted by Gasteiger charge is -2.24. The molecule has 1 aliphatic carbocycles. The van der Waals surface area contributed by atoms with Crippen LogP contribution in [-0.4, -0.2) is 88.4 Å². The Balaban J connectivity index is 1.78. The third kappa shape index (κ3) is 7.05. The molecule has 2 rings (SSSR count). The normalized spacial score (nSPS) is 21.0. The van der Waals surface area contributed by atoms with E-state index in [-0.39, 0.29) is 18.6 Å². The van der Waals surface area contributed by atoms with Gasteiger partial charge >= 0.3 is 0 Å². The SMILES string of the molecule is CN(C)C(=O)CN=C(NCC1CCCO1)N(C)CCOCC1CC1. The standard InChI is InChI=1S/C17H32N4O3/c1-20(2)16(22)12-19-17(18-11-15-5-4-9-24-15)21(3)8-10-23-13-14-6-7-14/h14-15H,4-13H2,1-3H3,(H,18,19). The summed E-state index contributed by atoms with van der Waals surface area (Å²) in [5.41, 5.74) is 0. The van der Waals surface area contributed by atoms with Gasteiger partial charge in [0.05, 0.1) is 12.7 Å². The minimum atomic E-state index is -0.00944. The Labute approximate surface area is 145 Å². The Bertz CT molecular complexity index is 418. The Morgan fingerprint density at radius 3 is 2.71 bits per heavy atom. The van der Waals surface area contributed by atoms with E-state index in [1.54, 1.807) is 19.0 Å². The zero-order chi connectivity index (χ0) is 17.4. The number of aliphatic imine (C=N–C) groups is 1. The molecular formula is C17H32N4O3. The minimum absolute atomic E-state index is 0.00944. The van der Waals surface area contributed by atoms with Gasteiger partial charge in [-0.3, -0.25) is 4.79 Å². The van der Waals surface area contributed by atoms with E-state index in [0.717, 1.165) is 51.0 Å². The maximum atomic E-state index is 11.8. The van der Waals surface area contributed by atoms with Crippen molar-refractivity contribution in [2.75, 3.05) is 60.6 Å². The molecule has 7 nitrogen and oxygen atoms in total. The van der Waals surface area contributed by atoms with Gasteiger partial charge in [0.1, 0.15) is 6.54 Å². The van der Waals surface area contributed by atoms with Crippen LogP contribution in [0.4, 0.5) is 0 Å². The topological polar surface area (TPSA) is 66.4 Å². The molecule has 0 spiro atoms. The lowest BCUT2D eigenvalue weighted by Crippen LogP contribution is -2.44. The van der Waals surface area contributed by atoms with Crippen LogP contribution in [0.5, 0.6) is 0 Å². The summed E-state index contributed by atoms with van der Waals surface area (Å²) in [4.78, 5) is 19.8. The number of nitrogens with one attached hydrogen (secondary N) is 1. The van der Waals surface area contributed by atoms with E-state index in [1.807, 2.05) is 11.9 Å². The van der Waals surface area contributed by atoms with Crippen molar-refractivity contribution in [3.05, 3.63) is 0 Å². The van der Waals surface area contributed by atoms with E-state index in [4.69, 9.17) is 9.47 Å². The van der Waals surface area contributed by atoms with Gasteiger partial charge in [-0.05, 0) is 31.6 Å². The quantitative estimate of drug-likeness (QED) is 0.377. The molecule has 7 heteroatoms. The number of guanidine groups is 1. The summed E-state index contributed by atoms with van der Waals surface area (Å²) in [7, 11) is 5.46. The highest BCUT2D eigenvalue weighted by Gasteiger charge is 2.21. The number of likely N-dealkylation sites (N-methyl/N-ethyl adjacent to an activating group) is 2. The Hall–Kier alpha value is -1.34. The summed E-state index contributed by atoms with van der Waals surface area (Å²) in [6.45, 7) is 4.00. The van der Waals surface area contributed by atoms with Gasteiger partial charge in [0.25, 0.3) is 0 Å². The molecule has 1 saturated heterocycles. The van der Waals surface area contributed by atoms with Crippen LogP contribution < -0.4 is 5.32 Å². The molecule has 0 aromatic rings. The van der Waals surface area contributed by atoms with Crippen LogP contribution in [0.25, 0.3) is 0 Å². The van der Waals surface area contributed by atoms with Crippen molar-refractivity contribution in [3.8, 4) is 0 Å². The number of carbonyl (C=O) groups is 1. The highest BCUT2D eigenvalue weighted by molar-refractivity contribution is 5.84. The molecule has 0 aromatic heterocycles. The zero-order valence-corrected chi connectivity index (χ0v) is 15.3. The van der Waals surface area contributed by atoms with Crippen molar-refractivity contribution < 1.29 is 14.3 Å². The van der Waals surface area contributed by atoms with Crippen LogP contribution in [0.3, 0.4) is 0 Å². The third-order valence-electron chi connectivity index (χ3n) is 4.36. The smallest absolute Gasteiger partial charge is 0.243 e. The van der Waals surface area contributed by atoms with Crippen molar-refractivity contribution in [1.29, 1.82) is 0 Å². The van der Waals surface area contributed by atoms with Gasteiger partial charge in [0.2, 0.25) is 5.91 Å². The fourth-order valence-electron chi connectivity index (χ4n) is 2.45. The molecule has 1 unspecified atom stereocenters. The summed E-state index contributed by atoms with van der Waals surface area (Å²) in [6, 6.07) is 0. The lowest BCUT2D eigenvalue weighted by atomic mass is 10.2. The lowest BCUT2D eigenvalue weighted by molar-refractivity contribution is -0.127. The highest BCUT2D eigenvalue weighted by Crippen LogP contribution is 2.28. The van der Waals surface area contributed by atoms with E-state index in [2.05, 4.69) is 10.3 Å². The van der Waals surface area contributed by atoms with Gasteiger partial charge in [0.15, 0.2) is 5.96 Å². The average Bonchev–Trinajstić information content (AvgIpc) is 3.24. The van der Waals surface area contributed by atoms with Crippen molar-refractivity contribution in [2.45, 2.75) is 31.8 Å². The second-order valence-corrected chi connectivity index (χ2v) is 6.88. The number of ether oxygens (including phenoxy) is 2. The van der Waals surface area contributed by atoms with E-state index in [0.29, 0.717) is 6.61 Å². The summed E-state index contributed by atoms with van der Waals surface area (Å²) in [5, 5.41) is 3.34. The predicted octanol–water partition coefficient (Wildman–Crippen LogP) is 0.558. The fourth-order valence-corrected chi connectivity index (χ4v) is 2.45. The van der Waals surface area contributed by atoms with Crippen LogP contribution >= 0.6 is 0 Å². The van der Waals surface area contributed by atoms with Crippen molar-refractivity contribution in [2.24, 2.45) is 10.9 Å². The Morgan fingerprint density at radius 1 is 1.29 bits per heavy atom. The Kier molecular flexibility index (Phi) is 7.78. The molecule has 1 N–H and O–H groups in total. The first-order valence-corrected chi connectivity index (χ1v) is 8.95. The van der Waals surface area contributed by atoms with Gasteiger partial charge in [-0.2, -0.15) is 0 Å². The van der Waals surface area contributed by atoms with Crippen LogP contribution in [0.1, 0.15) is 25.7 Å². The summed E-state index contributed by atoms with van der Waals surface area (Å²) in [5.74, 6) is 1.50. The van der Waals surface area contributed by atoms with E-state index >= 15 is 0 Å². The van der Waals surface area contributed by atoms with Gasteiger partial charge in [-0.25, -0.2) is 4.99 Å². The molecule has 2 aliphatic rings.